The van der Waals surface area contributed by atoms with Gasteiger partial charge in [-0.3, -0.25) is 0 Å². The van der Waals surface area contributed by atoms with E-state index in [1.54, 1.807) is 11.3 Å². The molecule has 0 amide bonds. The molecule has 0 N–H and O–H groups in total. The second kappa shape index (κ2) is 12.7. The molecule has 0 saturated heterocycles. The molecule has 1 aliphatic carbocycles. The first-order valence-corrected chi connectivity index (χ1v) is 18.0. The molecular weight excluding hydrogens is 643 g/mol. The van der Waals surface area contributed by atoms with E-state index in [-0.39, 0.29) is 5.41 Å². The first-order valence-electron chi connectivity index (χ1n) is 17.1. The van der Waals surface area contributed by atoms with E-state index in [0.717, 1.165) is 50.4 Å². The van der Waals surface area contributed by atoms with Gasteiger partial charge in [0.2, 0.25) is 0 Å². The topological polar surface area (TPSA) is 56.5 Å². The maximum Gasteiger partial charge on any atom is 0.164 e. The Balaban J connectivity index is 1.31. The lowest BCUT2D eigenvalue weighted by atomic mass is 9.82. The fourth-order valence-electron chi connectivity index (χ4n) is 7.39. The summed E-state index contributed by atoms with van der Waals surface area (Å²) < 4.78 is 3.56. The zero-order valence-electron chi connectivity index (χ0n) is 29.2. The van der Waals surface area contributed by atoms with Crippen LogP contribution in [0, 0.1) is 6.92 Å². The Kier molecular flexibility index (Phi) is 8.04. The molecule has 3 heterocycles. The number of allylic oxidation sites excluding steroid dienone is 3. The molecule has 3 aromatic heterocycles. The van der Waals surface area contributed by atoms with Gasteiger partial charge in [0, 0.05) is 50.2 Å². The highest BCUT2D eigenvalue weighted by Gasteiger charge is 2.37. The van der Waals surface area contributed by atoms with Crippen LogP contribution in [0.3, 0.4) is 0 Å². The van der Waals surface area contributed by atoms with Crippen LogP contribution in [0.2, 0.25) is 0 Å². The number of hydrogen-bond acceptors (Lipinski definition) is 5. The minimum absolute atomic E-state index is 0.162. The van der Waals surface area contributed by atoms with Crippen molar-refractivity contribution in [2.45, 2.75) is 33.1 Å². The Morgan fingerprint density at radius 3 is 2.12 bits per heavy atom. The number of benzene rings is 4. The number of hydrogen-bond donors (Lipinski definition) is 0. The molecule has 0 bridgehead atoms. The van der Waals surface area contributed by atoms with Crippen molar-refractivity contribution in [1.29, 1.82) is 0 Å². The lowest BCUT2D eigenvalue weighted by Gasteiger charge is -2.22. The minimum Gasteiger partial charge on any atom is -0.313 e. The predicted molar refractivity (Wildman–Crippen MR) is 215 cm³/mol. The number of nitrogens with zero attached hydrogens (tertiary/aromatic N) is 5. The van der Waals surface area contributed by atoms with E-state index in [9.17, 15) is 0 Å². The Labute approximate surface area is 302 Å². The van der Waals surface area contributed by atoms with Gasteiger partial charge in [0.25, 0.3) is 0 Å². The first-order chi connectivity index (χ1) is 24.8. The fourth-order valence-corrected chi connectivity index (χ4v) is 8.24. The van der Waals surface area contributed by atoms with Gasteiger partial charge in [-0.15, -0.1) is 11.3 Å². The van der Waals surface area contributed by atoms with E-state index < -0.39 is 0 Å². The van der Waals surface area contributed by atoms with Crippen LogP contribution >= 0.6 is 11.3 Å². The van der Waals surface area contributed by atoms with Gasteiger partial charge in [-0.1, -0.05) is 118 Å². The molecule has 8 rings (SSSR count). The highest BCUT2D eigenvalue weighted by atomic mass is 32.1. The second-order valence-corrected chi connectivity index (χ2v) is 14.1. The van der Waals surface area contributed by atoms with Crippen molar-refractivity contribution in [3.8, 4) is 39.6 Å². The van der Waals surface area contributed by atoms with Crippen LogP contribution in [0.1, 0.15) is 60.2 Å². The Morgan fingerprint density at radius 1 is 0.804 bits per heavy atom. The SMILES string of the molecule is C=C/C(=C\c1c(/C=C\C)c(C=C)n(-c2ccc3c(c2)C(C)(C)c2ccc4ncsc4c2-3)c1C)c1nc(-c2ccccc2)nc(-c2ccccc2)n1. The highest BCUT2D eigenvalue weighted by Crippen LogP contribution is 2.52. The molecule has 4 aromatic carbocycles. The number of thiazole rings is 1. The molecule has 0 spiro atoms. The highest BCUT2D eigenvalue weighted by molar-refractivity contribution is 7.17. The molecule has 6 heteroatoms. The average molecular weight is 680 g/mol. The summed E-state index contributed by atoms with van der Waals surface area (Å²) in [4.78, 5) is 19.5. The number of fused-ring (bicyclic) bond motifs is 5. The van der Waals surface area contributed by atoms with Crippen molar-refractivity contribution in [3.63, 3.8) is 0 Å². The van der Waals surface area contributed by atoms with Crippen LogP contribution in [0.4, 0.5) is 0 Å². The average Bonchev–Trinajstić information content (AvgIpc) is 3.82. The summed E-state index contributed by atoms with van der Waals surface area (Å²) >= 11 is 1.72. The number of rotatable bonds is 8. The van der Waals surface area contributed by atoms with Crippen LogP contribution in [0.25, 0.3) is 73.6 Å². The Morgan fingerprint density at radius 2 is 1.49 bits per heavy atom. The van der Waals surface area contributed by atoms with E-state index in [1.165, 1.54) is 27.0 Å². The van der Waals surface area contributed by atoms with E-state index in [0.29, 0.717) is 17.5 Å². The molecular formula is C45H37N5S. The van der Waals surface area contributed by atoms with Crippen molar-refractivity contribution in [2.24, 2.45) is 0 Å². The number of aromatic nitrogens is 5. The van der Waals surface area contributed by atoms with E-state index in [4.69, 9.17) is 15.0 Å². The molecule has 0 aliphatic heterocycles. The van der Waals surface area contributed by atoms with Gasteiger partial charge < -0.3 is 4.57 Å². The molecule has 51 heavy (non-hydrogen) atoms. The zero-order valence-corrected chi connectivity index (χ0v) is 30.0. The van der Waals surface area contributed by atoms with E-state index in [2.05, 4.69) is 92.0 Å². The van der Waals surface area contributed by atoms with Gasteiger partial charge in [0.05, 0.1) is 21.4 Å². The lowest BCUT2D eigenvalue weighted by Crippen LogP contribution is -2.15. The maximum absolute atomic E-state index is 4.99. The van der Waals surface area contributed by atoms with Gasteiger partial charge in [0.15, 0.2) is 17.5 Å². The summed E-state index contributed by atoms with van der Waals surface area (Å²) in [6.45, 7) is 17.4. The molecule has 0 unspecified atom stereocenters. The standard InChI is InChI=1S/C45H37N5S/c1-7-16-33-35(25-29(8-2)42-47-43(30-17-12-10-13-18-30)49-44(48-42)31-19-14-11-15-20-31)28(4)50(39(33)9-3)32-21-22-34-37(26-32)45(5,6)36-23-24-38-41(40(34)36)51-27-46-38/h7-27H,2-3H2,1,4-6H3/b16-7-,29-25+. The fraction of sp³-hybridized carbons (Fsp3) is 0.111. The summed E-state index contributed by atoms with van der Waals surface area (Å²) in [6.07, 6.45) is 10.2. The van der Waals surface area contributed by atoms with Gasteiger partial charge in [-0.2, -0.15) is 0 Å². The van der Waals surface area contributed by atoms with Gasteiger partial charge in [-0.05, 0) is 60.9 Å². The Hall–Kier alpha value is -5.98. The summed E-state index contributed by atoms with van der Waals surface area (Å²) in [7, 11) is 0. The molecule has 0 fully saturated rings. The molecule has 0 atom stereocenters. The van der Waals surface area contributed by atoms with Crippen LogP contribution < -0.4 is 0 Å². The quantitative estimate of drug-likeness (QED) is 0.150. The van der Waals surface area contributed by atoms with Crippen LogP contribution in [0.15, 0.2) is 122 Å². The van der Waals surface area contributed by atoms with Gasteiger partial charge in [-0.25, -0.2) is 19.9 Å². The third-order valence-corrected chi connectivity index (χ3v) is 10.8. The summed E-state index contributed by atoms with van der Waals surface area (Å²) in [5.41, 5.74) is 16.0. The van der Waals surface area contributed by atoms with Crippen molar-refractivity contribution in [3.05, 3.63) is 161 Å². The van der Waals surface area contributed by atoms with Crippen LogP contribution in [-0.4, -0.2) is 24.5 Å². The predicted octanol–water partition coefficient (Wildman–Crippen LogP) is 11.6. The van der Waals surface area contributed by atoms with Crippen molar-refractivity contribution < 1.29 is 0 Å². The third kappa shape index (κ3) is 5.31. The second-order valence-electron chi connectivity index (χ2n) is 13.2. The molecule has 248 valence electrons. The third-order valence-electron chi connectivity index (χ3n) is 9.91. The first kappa shape index (κ1) is 32.2. The van der Waals surface area contributed by atoms with E-state index >= 15 is 0 Å². The summed E-state index contributed by atoms with van der Waals surface area (Å²) in [5.74, 6) is 1.78. The van der Waals surface area contributed by atoms with Gasteiger partial charge >= 0.3 is 0 Å². The maximum atomic E-state index is 4.99. The molecule has 0 saturated carbocycles. The zero-order chi connectivity index (χ0) is 35.3. The van der Waals surface area contributed by atoms with Crippen molar-refractivity contribution in [2.75, 3.05) is 0 Å². The molecule has 1 aliphatic rings. The van der Waals surface area contributed by atoms with E-state index in [1.807, 2.05) is 85.2 Å². The molecule has 5 nitrogen and oxygen atoms in total. The Bertz CT molecular complexity index is 2490. The van der Waals surface area contributed by atoms with Crippen molar-refractivity contribution in [1.82, 2.24) is 24.5 Å². The lowest BCUT2D eigenvalue weighted by molar-refractivity contribution is 0.660. The monoisotopic (exact) mass is 679 g/mol. The summed E-state index contributed by atoms with van der Waals surface area (Å²) in [6, 6.07) is 31.3. The normalized spacial score (nSPS) is 13.5. The van der Waals surface area contributed by atoms with Crippen molar-refractivity contribution >= 4 is 45.4 Å². The summed E-state index contributed by atoms with van der Waals surface area (Å²) in [5, 5.41) is 0. The molecule has 0 radical (unpaired) electrons. The minimum atomic E-state index is -0.162. The van der Waals surface area contributed by atoms with Crippen LogP contribution in [-0.2, 0) is 5.41 Å². The van der Waals surface area contributed by atoms with Crippen LogP contribution in [0.5, 0.6) is 0 Å². The molecule has 7 aromatic rings. The van der Waals surface area contributed by atoms with Gasteiger partial charge in [0.1, 0.15) is 0 Å². The largest absolute Gasteiger partial charge is 0.313 e. The smallest absolute Gasteiger partial charge is 0.164 e.